The van der Waals surface area contributed by atoms with Gasteiger partial charge in [-0.05, 0) is 0 Å². The Morgan fingerprint density at radius 3 is 2.04 bits per heavy atom. The molecule has 2 rings (SSSR count). The molecular weight excluding hydrogens is 411 g/mol. The molecule has 0 N–H and O–H groups in total. The molecule has 24 heavy (non-hydrogen) atoms. The molecule has 0 amide bonds. The van der Waals surface area contributed by atoms with Crippen molar-refractivity contribution in [3.63, 3.8) is 0 Å². The first-order valence-electron chi connectivity index (χ1n) is 8.33. The Bertz CT molecular complexity index is 527. The van der Waals surface area contributed by atoms with Crippen LogP contribution in [-0.2, 0) is 20.4 Å². The predicted molar refractivity (Wildman–Crippen MR) is 92.2 cm³/mol. The van der Waals surface area contributed by atoms with Gasteiger partial charge in [0.25, 0.3) is 0 Å². The van der Waals surface area contributed by atoms with Crippen molar-refractivity contribution in [2.24, 2.45) is 0 Å². The Balaban J connectivity index is 0. The largest absolute Gasteiger partial charge is 1.00 e. The van der Waals surface area contributed by atoms with Gasteiger partial charge in [-0.1, -0.05) is 0 Å². The van der Waals surface area contributed by atoms with Gasteiger partial charge in [0.05, 0.1) is 0 Å². The molecule has 0 saturated heterocycles. The summed E-state index contributed by atoms with van der Waals surface area (Å²) < 4.78 is 0.279. The zero-order valence-corrected chi connectivity index (χ0v) is 19.6. The molecule has 0 fully saturated rings. The van der Waals surface area contributed by atoms with Gasteiger partial charge >= 0.3 is 143 Å². The van der Waals surface area contributed by atoms with Crippen molar-refractivity contribution < 1.29 is 57.7 Å². The molecule has 1 aromatic rings. The van der Waals surface area contributed by atoms with E-state index in [2.05, 4.69) is 89.8 Å². The van der Waals surface area contributed by atoms with E-state index < -0.39 is 8.07 Å². The summed E-state index contributed by atoms with van der Waals surface area (Å²) >= 11 is 2.48. The van der Waals surface area contributed by atoms with Crippen molar-refractivity contribution in [2.75, 3.05) is 0 Å². The van der Waals surface area contributed by atoms with Gasteiger partial charge in [-0.15, -0.1) is 0 Å². The third kappa shape index (κ3) is 5.25. The second kappa shape index (κ2) is 12.0. The van der Waals surface area contributed by atoms with Crippen LogP contribution in [0, 0.1) is 0 Å². The molecule has 1 aliphatic carbocycles. The van der Waals surface area contributed by atoms with Crippen LogP contribution in [0.4, 0.5) is 0 Å². The molecule has 1 aliphatic rings. The predicted octanol–water partition coefficient (Wildman–Crippen LogP) is -3.67. The fourth-order valence-electron chi connectivity index (χ4n) is 3.70. The first-order valence-corrected chi connectivity index (χ1v) is 11.5. The molecule has 132 valence electrons. The Kier molecular flexibility index (Phi) is 13.4. The van der Waals surface area contributed by atoms with Gasteiger partial charge < -0.3 is 37.2 Å². The summed E-state index contributed by atoms with van der Waals surface area (Å²) in [6, 6.07) is 13.9. The summed E-state index contributed by atoms with van der Waals surface area (Å²) in [4.78, 5) is 0. The van der Waals surface area contributed by atoms with Gasteiger partial charge in [0.15, 0.2) is 0 Å². The summed E-state index contributed by atoms with van der Waals surface area (Å²) in [5.74, 6) is 0. The summed E-state index contributed by atoms with van der Waals surface area (Å²) in [7, 11) is -1.55. The SMILES string of the molecule is CCCCC1=C[C]([Ti+3])([Si](CC)(CC)c2ccccc2)C=C1.[Cl-].[Cl-].[Cl-]. The van der Waals surface area contributed by atoms with Crippen LogP contribution >= 0.6 is 0 Å². The zero-order chi connectivity index (χ0) is 15.3. The smallest absolute Gasteiger partial charge is 1.00 e. The molecule has 0 aromatic heterocycles. The Morgan fingerprint density at radius 1 is 0.958 bits per heavy atom. The van der Waals surface area contributed by atoms with Crippen molar-refractivity contribution in [3.05, 3.63) is 54.1 Å². The average molecular weight is 438 g/mol. The molecule has 1 unspecified atom stereocenters. The summed E-state index contributed by atoms with van der Waals surface area (Å²) in [6.07, 6.45) is 11.4. The Labute approximate surface area is 179 Å². The van der Waals surface area contributed by atoms with Crippen LogP contribution in [0.5, 0.6) is 0 Å². The molecule has 0 saturated carbocycles. The first kappa shape index (κ1) is 26.7. The number of hydrogen-bond acceptors (Lipinski definition) is 0. The van der Waals surface area contributed by atoms with Crippen LogP contribution in [0.1, 0.15) is 40.0 Å². The molecule has 0 heterocycles. The van der Waals surface area contributed by atoms with E-state index in [-0.39, 0.29) is 40.6 Å². The molecule has 0 radical (unpaired) electrons. The molecule has 0 nitrogen and oxygen atoms in total. The van der Waals surface area contributed by atoms with E-state index in [0.717, 1.165) is 0 Å². The average Bonchev–Trinajstić information content (AvgIpc) is 2.91. The number of allylic oxidation sites excluding steroid dienone is 4. The van der Waals surface area contributed by atoms with Crippen LogP contribution in [-0.4, -0.2) is 8.07 Å². The van der Waals surface area contributed by atoms with Crippen molar-refractivity contribution in [2.45, 2.75) is 55.5 Å². The Hall–Kier alpha value is 0.501. The van der Waals surface area contributed by atoms with Gasteiger partial charge in [-0.2, -0.15) is 0 Å². The molecular formula is C19H27Cl3SiTi. The van der Waals surface area contributed by atoms with Crippen molar-refractivity contribution in [1.29, 1.82) is 0 Å². The van der Waals surface area contributed by atoms with E-state index in [1.807, 2.05) is 0 Å². The van der Waals surface area contributed by atoms with Crippen LogP contribution < -0.4 is 42.4 Å². The number of hydrogen-bond donors (Lipinski definition) is 0. The van der Waals surface area contributed by atoms with Crippen LogP contribution in [0.15, 0.2) is 54.1 Å². The maximum Gasteiger partial charge on any atom is -1.00 e. The number of rotatable bonds is 7. The second-order valence-corrected chi connectivity index (χ2v) is 13.2. The van der Waals surface area contributed by atoms with E-state index in [4.69, 9.17) is 0 Å². The minimum absolute atomic E-state index is 0. The summed E-state index contributed by atoms with van der Waals surface area (Å²) in [6.45, 7) is 7.08. The van der Waals surface area contributed by atoms with E-state index in [1.54, 1.807) is 10.8 Å². The number of benzene rings is 1. The standard InChI is InChI=1S/C19H27Si.3ClH.Ti/c1-4-7-11-17-14-15-19(16-17)20(5-2,6-3)18-12-9-8-10-13-18;;;;/h8-10,12-16H,4-7,11H2,1-3H3;3*1H;/q;;;;+3/p-3. The molecule has 5 heteroatoms. The van der Waals surface area contributed by atoms with Gasteiger partial charge in [0, 0.05) is 0 Å². The van der Waals surface area contributed by atoms with E-state index in [0.29, 0.717) is 0 Å². The molecule has 1 aromatic carbocycles. The second-order valence-electron chi connectivity index (χ2n) is 6.18. The third-order valence-corrected chi connectivity index (χ3v) is 13.6. The fourth-order valence-corrected chi connectivity index (χ4v) is 11.1. The minimum Gasteiger partial charge on any atom is -1.00 e. The topological polar surface area (TPSA) is 0 Å². The van der Waals surface area contributed by atoms with Crippen molar-refractivity contribution >= 4 is 13.3 Å². The van der Waals surface area contributed by atoms with Gasteiger partial charge in [-0.25, -0.2) is 0 Å². The summed E-state index contributed by atoms with van der Waals surface area (Å²) in [5, 5.41) is 1.62. The maximum atomic E-state index is 2.61. The van der Waals surface area contributed by atoms with E-state index >= 15 is 0 Å². The van der Waals surface area contributed by atoms with Crippen molar-refractivity contribution in [3.8, 4) is 0 Å². The fraction of sp³-hybridized carbons (Fsp3) is 0.474. The zero-order valence-electron chi connectivity index (χ0n) is 14.8. The monoisotopic (exact) mass is 436 g/mol. The quantitative estimate of drug-likeness (QED) is 0.386. The van der Waals surface area contributed by atoms with Crippen molar-refractivity contribution in [1.82, 2.24) is 0 Å². The summed E-state index contributed by atoms with van der Waals surface area (Å²) in [5.41, 5.74) is 1.56. The van der Waals surface area contributed by atoms with Crippen LogP contribution in [0.3, 0.4) is 0 Å². The number of halogens is 3. The van der Waals surface area contributed by atoms with Gasteiger partial charge in [-0.3, -0.25) is 0 Å². The number of unbranched alkanes of at least 4 members (excludes halogenated alkanes) is 1. The van der Waals surface area contributed by atoms with Gasteiger partial charge in [0.2, 0.25) is 0 Å². The molecule has 1 atom stereocenters. The molecule has 0 bridgehead atoms. The Morgan fingerprint density at radius 2 is 1.54 bits per heavy atom. The molecule has 0 aliphatic heterocycles. The van der Waals surface area contributed by atoms with Gasteiger partial charge in [0.1, 0.15) is 0 Å². The van der Waals surface area contributed by atoms with Crippen LogP contribution in [0.2, 0.25) is 15.4 Å². The normalized spacial score (nSPS) is 19.0. The van der Waals surface area contributed by atoms with E-state index in [9.17, 15) is 0 Å². The third-order valence-electron chi connectivity index (χ3n) is 5.12. The molecule has 0 spiro atoms. The maximum absolute atomic E-state index is 2.61. The van der Waals surface area contributed by atoms with Crippen LogP contribution in [0.25, 0.3) is 0 Å². The minimum atomic E-state index is -1.55. The first-order chi connectivity index (χ1) is 10.1. The van der Waals surface area contributed by atoms with E-state index in [1.165, 1.54) is 31.4 Å².